The molecular formula is C19H24N5O10P. The Labute approximate surface area is 199 Å². The van der Waals surface area contributed by atoms with E-state index in [9.17, 15) is 24.1 Å². The van der Waals surface area contributed by atoms with Gasteiger partial charge in [-0.1, -0.05) is 0 Å². The molecule has 0 saturated carbocycles. The van der Waals surface area contributed by atoms with Crippen molar-refractivity contribution in [3.63, 3.8) is 0 Å². The fourth-order valence-electron chi connectivity index (χ4n) is 3.06. The summed E-state index contributed by atoms with van der Waals surface area (Å²) in [6.45, 7) is 1.14. The zero-order valence-corrected chi connectivity index (χ0v) is 19.8. The molecule has 0 spiro atoms. The first kappa shape index (κ1) is 27.9. The molecule has 1 aliphatic rings. The van der Waals surface area contributed by atoms with Crippen molar-refractivity contribution < 1.29 is 42.5 Å². The number of hydrogen-bond acceptors (Lipinski definition) is 13. The molecule has 190 valence electrons. The molecule has 0 radical (unpaired) electrons. The molecule has 2 heterocycles. The van der Waals surface area contributed by atoms with Crippen LogP contribution in [0.5, 0.6) is 0 Å². The fourth-order valence-corrected chi connectivity index (χ4v) is 4.34. The minimum atomic E-state index is -4.09. The van der Waals surface area contributed by atoms with Gasteiger partial charge in [-0.05, 0) is 6.07 Å². The average molecular weight is 513 g/mol. The minimum Gasteiger partial charge on any atom is -0.456 e. The number of nitriles is 2. The normalized spacial score (nSPS) is 21.5. The summed E-state index contributed by atoms with van der Waals surface area (Å²) in [7, 11) is -4.09. The predicted octanol–water partition coefficient (Wildman–Crippen LogP) is 0.377. The second kappa shape index (κ2) is 12.9. The second-order valence-electron chi connectivity index (χ2n) is 6.99. The standard InChI is InChI=1S/C19H24N5O10P/c1-12(26)32-16-14(11-25)34-18(17(16)33-13(2)27)24-8-5-15(22-19(24)28)23-35(29,30-9-3-6-20)31-10-4-7-21/h5,8,14,16-18,25H,3-4,9-11H2,1-2H3,(H,22,23,28,29)/t14-,16-,17-,18-/m1/s1. The third-order valence-corrected chi connectivity index (χ3v) is 5.92. The number of aromatic nitrogens is 2. The van der Waals surface area contributed by atoms with E-state index in [1.54, 1.807) is 0 Å². The molecule has 0 bridgehead atoms. The Bertz CT molecular complexity index is 1070. The van der Waals surface area contributed by atoms with Gasteiger partial charge in [0.1, 0.15) is 11.9 Å². The van der Waals surface area contributed by atoms with Crippen LogP contribution in [-0.4, -0.2) is 64.7 Å². The maximum Gasteiger partial charge on any atom is 0.433 e. The number of hydrogen-bond donors (Lipinski definition) is 2. The van der Waals surface area contributed by atoms with Crippen LogP contribution in [0.2, 0.25) is 0 Å². The number of esters is 2. The summed E-state index contributed by atoms with van der Waals surface area (Å²) < 4.78 is 40.0. The minimum absolute atomic E-state index is 0.0889. The lowest BCUT2D eigenvalue weighted by molar-refractivity contribution is -0.165. The molecule has 0 amide bonds. The lowest BCUT2D eigenvalue weighted by Gasteiger charge is -2.24. The van der Waals surface area contributed by atoms with Crippen LogP contribution in [0, 0.1) is 22.7 Å². The second-order valence-corrected chi connectivity index (χ2v) is 8.73. The van der Waals surface area contributed by atoms with E-state index in [0.29, 0.717) is 0 Å². The number of aliphatic hydroxyl groups excluding tert-OH is 1. The molecule has 2 rings (SSSR count). The van der Waals surface area contributed by atoms with Gasteiger partial charge >= 0.3 is 25.4 Å². The van der Waals surface area contributed by atoms with Crippen molar-refractivity contribution in [2.45, 2.75) is 51.2 Å². The molecule has 16 heteroatoms. The molecule has 0 aromatic carbocycles. The van der Waals surface area contributed by atoms with Crippen molar-refractivity contribution >= 4 is 25.5 Å². The van der Waals surface area contributed by atoms with E-state index >= 15 is 0 Å². The van der Waals surface area contributed by atoms with Crippen molar-refractivity contribution in [2.75, 3.05) is 24.9 Å². The molecule has 0 unspecified atom stereocenters. The number of rotatable bonds is 12. The molecule has 35 heavy (non-hydrogen) atoms. The van der Waals surface area contributed by atoms with E-state index in [1.165, 1.54) is 12.3 Å². The molecule has 2 N–H and O–H groups in total. The number of nitrogens with zero attached hydrogens (tertiary/aromatic N) is 4. The Kier molecular flexibility index (Phi) is 10.3. The topological polar surface area (TPSA) is 212 Å². The van der Waals surface area contributed by atoms with Gasteiger partial charge in [0.2, 0.25) is 0 Å². The van der Waals surface area contributed by atoms with Gasteiger partial charge in [-0.2, -0.15) is 15.5 Å². The Morgan fingerprint density at radius 3 is 2.23 bits per heavy atom. The number of carbonyl (C=O) groups excluding carboxylic acids is 2. The Morgan fingerprint density at radius 1 is 1.17 bits per heavy atom. The Hall–Kier alpha value is -3.33. The summed E-state index contributed by atoms with van der Waals surface area (Å²) in [6.07, 6.45) is -3.87. The number of nitrogens with one attached hydrogen (secondary N) is 1. The fraction of sp³-hybridized carbons (Fsp3) is 0.579. The van der Waals surface area contributed by atoms with Gasteiger partial charge in [0, 0.05) is 20.0 Å². The smallest absolute Gasteiger partial charge is 0.433 e. The molecule has 0 aliphatic carbocycles. The van der Waals surface area contributed by atoms with Gasteiger partial charge in [-0.15, -0.1) is 0 Å². The number of anilines is 1. The van der Waals surface area contributed by atoms with Crippen LogP contribution in [-0.2, 0) is 37.4 Å². The van der Waals surface area contributed by atoms with E-state index in [2.05, 4.69) is 10.1 Å². The van der Waals surface area contributed by atoms with E-state index < -0.39 is 56.5 Å². The van der Waals surface area contributed by atoms with E-state index in [1.807, 2.05) is 12.1 Å². The van der Waals surface area contributed by atoms with Crippen LogP contribution in [0.3, 0.4) is 0 Å². The summed E-state index contributed by atoms with van der Waals surface area (Å²) in [4.78, 5) is 39.6. The summed E-state index contributed by atoms with van der Waals surface area (Å²) in [5, 5.41) is 29.3. The quantitative estimate of drug-likeness (QED) is 0.220. The van der Waals surface area contributed by atoms with Crippen molar-refractivity contribution in [3.8, 4) is 12.1 Å². The van der Waals surface area contributed by atoms with Crippen molar-refractivity contribution in [3.05, 3.63) is 22.7 Å². The monoisotopic (exact) mass is 513 g/mol. The van der Waals surface area contributed by atoms with Gasteiger partial charge in [0.05, 0.1) is 44.8 Å². The van der Waals surface area contributed by atoms with Crippen LogP contribution in [0.4, 0.5) is 5.82 Å². The molecule has 1 aliphatic heterocycles. The highest BCUT2D eigenvalue weighted by atomic mass is 31.2. The van der Waals surface area contributed by atoms with Crippen LogP contribution in [0.25, 0.3) is 0 Å². The first-order chi connectivity index (χ1) is 16.6. The first-order valence-electron chi connectivity index (χ1n) is 10.3. The van der Waals surface area contributed by atoms with E-state index in [4.69, 9.17) is 33.8 Å². The van der Waals surface area contributed by atoms with Gasteiger partial charge in [0.15, 0.2) is 18.4 Å². The van der Waals surface area contributed by atoms with Gasteiger partial charge in [0.25, 0.3) is 0 Å². The SMILES string of the molecule is CC(=O)O[C@@H]1[C@H](OC(C)=O)[C@@H](CO)O[C@H]1n1ccc(NP(=O)(OCCC#N)OCCC#N)nc1=O. The molecular weight excluding hydrogens is 489 g/mol. The van der Waals surface area contributed by atoms with Crippen LogP contribution in [0.15, 0.2) is 17.1 Å². The zero-order chi connectivity index (χ0) is 26.0. The summed E-state index contributed by atoms with van der Waals surface area (Å²) in [5.41, 5.74) is -0.946. The highest BCUT2D eigenvalue weighted by Crippen LogP contribution is 2.47. The average Bonchev–Trinajstić information content (AvgIpc) is 3.10. The zero-order valence-electron chi connectivity index (χ0n) is 18.9. The lowest BCUT2D eigenvalue weighted by atomic mass is 10.1. The maximum absolute atomic E-state index is 12.9. The summed E-state index contributed by atoms with van der Waals surface area (Å²) in [6, 6.07) is 4.84. The molecule has 1 fully saturated rings. The lowest BCUT2D eigenvalue weighted by Crippen LogP contribution is -2.41. The van der Waals surface area contributed by atoms with Gasteiger partial charge in [-0.25, -0.2) is 9.36 Å². The van der Waals surface area contributed by atoms with Crippen molar-refractivity contribution in [2.24, 2.45) is 0 Å². The maximum atomic E-state index is 12.9. The molecule has 1 aromatic rings. The predicted molar refractivity (Wildman–Crippen MR) is 114 cm³/mol. The number of aliphatic hydroxyl groups is 1. The van der Waals surface area contributed by atoms with Crippen LogP contribution < -0.4 is 10.8 Å². The van der Waals surface area contributed by atoms with E-state index in [-0.39, 0.29) is 31.9 Å². The highest BCUT2D eigenvalue weighted by molar-refractivity contribution is 7.55. The molecule has 1 aromatic heterocycles. The molecule has 4 atom stereocenters. The third-order valence-electron chi connectivity index (χ3n) is 4.38. The van der Waals surface area contributed by atoms with Gasteiger partial charge < -0.3 is 19.3 Å². The van der Waals surface area contributed by atoms with Crippen LogP contribution >= 0.6 is 7.75 Å². The summed E-state index contributed by atoms with van der Waals surface area (Å²) >= 11 is 0. The largest absolute Gasteiger partial charge is 0.456 e. The van der Waals surface area contributed by atoms with E-state index in [0.717, 1.165) is 18.4 Å². The highest BCUT2D eigenvalue weighted by Gasteiger charge is 2.50. The van der Waals surface area contributed by atoms with Crippen molar-refractivity contribution in [1.29, 1.82) is 10.5 Å². The molecule has 1 saturated heterocycles. The number of carbonyl (C=O) groups is 2. The number of ether oxygens (including phenoxy) is 3. The Morgan fingerprint density at radius 2 is 1.74 bits per heavy atom. The first-order valence-corrected chi connectivity index (χ1v) is 11.8. The van der Waals surface area contributed by atoms with Gasteiger partial charge in [-0.3, -0.25) is 28.3 Å². The third kappa shape index (κ3) is 7.85. The Balaban J connectivity index is 2.31. The summed E-state index contributed by atoms with van der Waals surface area (Å²) in [5.74, 6) is -1.69. The molecule has 15 nitrogen and oxygen atoms in total. The van der Waals surface area contributed by atoms with Crippen molar-refractivity contribution in [1.82, 2.24) is 9.55 Å². The van der Waals surface area contributed by atoms with Crippen LogP contribution in [0.1, 0.15) is 32.9 Å².